The Morgan fingerprint density at radius 2 is 1.77 bits per heavy atom. The average Bonchev–Trinajstić information content (AvgIpc) is 3.31. The van der Waals surface area contributed by atoms with E-state index >= 15 is 0 Å². The Kier molecular flexibility index (Phi) is 6.78. The molecule has 3 N–H and O–H groups in total. The molecule has 2 aromatic carbocycles. The SMILES string of the molecule is Nc1ccc(C=CC(=O)NCc2cc3cc(-c4ccc(C(=O)N5CC(F)(F)C5)cc4)cc(C(F)(F)F)c3o2)cn1. The lowest BCUT2D eigenvalue weighted by Crippen LogP contribution is -2.58. The van der Waals surface area contributed by atoms with E-state index in [-0.39, 0.29) is 34.4 Å². The number of nitrogen functional groups attached to an aromatic ring is 1. The number of hydrogen-bond acceptors (Lipinski definition) is 5. The van der Waals surface area contributed by atoms with Crippen LogP contribution in [0.5, 0.6) is 0 Å². The number of benzene rings is 2. The molecule has 206 valence electrons. The van der Waals surface area contributed by atoms with Crippen molar-refractivity contribution in [3.05, 3.63) is 89.3 Å². The van der Waals surface area contributed by atoms with Crippen LogP contribution in [0.3, 0.4) is 0 Å². The number of furan rings is 1. The number of fused-ring (bicyclic) bond motifs is 1. The summed E-state index contributed by atoms with van der Waals surface area (Å²) in [5.41, 5.74) is 5.52. The normalized spacial score (nSPS) is 14.9. The van der Waals surface area contributed by atoms with Gasteiger partial charge in [-0.15, -0.1) is 0 Å². The Morgan fingerprint density at radius 1 is 1.05 bits per heavy atom. The highest BCUT2D eigenvalue weighted by Gasteiger charge is 2.46. The summed E-state index contributed by atoms with van der Waals surface area (Å²) in [6.45, 7) is -1.49. The topological polar surface area (TPSA) is 101 Å². The van der Waals surface area contributed by atoms with Gasteiger partial charge in [-0.2, -0.15) is 13.2 Å². The van der Waals surface area contributed by atoms with Gasteiger partial charge in [0.15, 0.2) is 0 Å². The average molecular weight is 556 g/mol. The molecule has 0 aliphatic carbocycles. The molecule has 0 radical (unpaired) electrons. The predicted molar refractivity (Wildman–Crippen MR) is 137 cm³/mol. The standard InChI is InChI=1S/C28H21F5N4O3/c29-27(30)14-37(15-27)26(39)18-5-3-17(4-6-18)19-9-20-10-21(40-25(20)22(11-19)28(31,32)33)13-36-24(38)8-2-16-1-7-23(34)35-12-16/h1-12H,13-15H2,(H2,34,35)(H,36,38). The minimum Gasteiger partial charge on any atom is -0.459 e. The molecule has 3 heterocycles. The Hall–Kier alpha value is -4.74. The molecule has 4 aromatic rings. The van der Waals surface area contributed by atoms with Crippen LogP contribution in [-0.4, -0.2) is 40.7 Å². The van der Waals surface area contributed by atoms with Gasteiger partial charge in [0.2, 0.25) is 5.91 Å². The number of alkyl halides is 5. The molecule has 1 fully saturated rings. The number of nitrogens with two attached hydrogens (primary N) is 1. The van der Waals surface area contributed by atoms with Gasteiger partial charge >= 0.3 is 6.18 Å². The Balaban J connectivity index is 1.34. The monoisotopic (exact) mass is 556 g/mol. The highest BCUT2D eigenvalue weighted by molar-refractivity contribution is 5.96. The number of likely N-dealkylation sites (tertiary alicyclic amines) is 1. The summed E-state index contributed by atoms with van der Waals surface area (Å²) in [5.74, 6) is -3.54. The molecule has 40 heavy (non-hydrogen) atoms. The number of anilines is 1. The number of carbonyl (C=O) groups is 2. The fourth-order valence-electron chi connectivity index (χ4n) is 4.23. The summed E-state index contributed by atoms with van der Waals surface area (Å²) in [6, 6.07) is 12.8. The summed E-state index contributed by atoms with van der Waals surface area (Å²) >= 11 is 0. The third-order valence-electron chi connectivity index (χ3n) is 6.24. The Morgan fingerprint density at radius 3 is 2.40 bits per heavy atom. The molecular weight excluding hydrogens is 535 g/mol. The summed E-state index contributed by atoms with van der Waals surface area (Å²) in [7, 11) is 0. The van der Waals surface area contributed by atoms with Crippen molar-refractivity contribution in [2.75, 3.05) is 18.8 Å². The van der Waals surface area contributed by atoms with Crippen LogP contribution in [0, 0.1) is 0 Å². The van der Waals surface area contributed by atoms with E-state index in [2.05, 4.69) is 10.3 Å². The zero-order valence-electron chi connectivity index (χ0n) is 20.6. The lowest BCUT2D eigenvalue weighted by Gasteiger charge is -2.38. The maximum absolute atomic E-state index is 13.9. The van der Waals surface area contributed by atoms with E-state index < -0.39 is 42.6 Å². The molecule has 2 amide bonds. The summed E-state index contributed by atoms with van der Waals surface area (Å²) in [6.07, 6.45) is -0.502. The van der Waals surface area contributed by atoms with Crippen LogP contribution in [0.4, 0.5) is 27.8 Å². The molecule has 7 nitrogen and oxygen atoms in total. The van der Waals surface area contributed by atoms with E-state index in [1.165, 1.54) is 54.7 Å². The van der Waals surface area contributed by atoms with Crippen molar-refractivity contribution in [2.45, 2.75) is 18.6 Å². The molecule has 12 heteroatoms. The Bertz CT molecular complexity index is 1600. The number of pyridine rings is 1. The first-order valence-corrected chi connectivity index (χ1v) is 12.0. The smallest absolute Gasteiger partial charge is 0.420 e. The number of hydrogen-bond donors (Lipinski definition) is 2. The zero-order valence-corrected chi connectivity index (χ0v) is 20.6. The van der Waals surface area contributed by atoms with Crippen molar-refractivity contribution in [3.8, 4) is 11.1 Å². The van der Waals surface area contributed by atoms with Crippen LogP contribution < -0.4 is 11.1 Å². The first-order valence-electron chi connectivity index (χ1n) is 12.0. The molecule has 2 aromatic heterocycles. The molecule has 0 unspecified atom stereocenters. The van der Waals surface area contributed by atoms with Gasteiger partial charge in [0.1, 0.15) is 17.2 Å². The number of amides is 2. The maximum atomic E-state index is 13.9. The predicted octanol–water partition coefficient (Wildman–Crippen LogP) is 5.52. The van der Waals surface area contributed by atoms with Crippen LogP contribution in [0.25, 0.3) is 28.2 Å². The minimum absolute atomic E-state index is 0.112. The van der Waals surface area contributed by atoms with E-state index in [4.69, 9.17) is 10.2 Å². The minimum atomic E-state index is -4.73. The zero-order chi connectivity index (χ0) is 28.7. The molecule has 0 atom stereocenters. The van der Waals surface area contributed by atoms with E-state index in [0.717, 1.165) is 11.0 Å². The highest BCUT2D eigenvalue weighted by Crippen LogP contribution is 2.39. The van der Waals surface area contributed by atoms with Gasteiger partial charge in [-0.3, -0.25) is 9.59 Å². The van der Waals surface area contributed by atoms with Crippen LogP contribution >= 0.6 is 0 Å². The van der Waals surface area contributed by atoms with Gasteiger partial charge in [0.05, 0.1) is 25.2 Å². The van der Waals surface area contributed by atoms with Gasteiger partial charge in [0, 0.05) is 23.2 Å². The van der Waals surface area contributed by atoms with Crippen molar-refractivity contribution < 1.29 is 36.0 Å². The van der Waals surface area contributed by atoms with Gasteiger partial charge in [-0.05, 0) is 65.2 Å². The lowest BCUT2D eigenvalue weighted by molar-refractivity contribution is -0.136. The van der Waals surface area contributed by atoms with Gasteiger partial charge in [-0.1, -0.05) is 12.1 Å². The van der Waals surface area contributed by atoms with Gasteiger partial charge in [0.25, 0.3) is 11.8 Å². The molecule has 0 bridgehead atoms. The van der Waals surface area contributed by atoms with Crippen molar-refractivity contribution in [1.82, 2.24) is 15.2 Å². The van der Waals surface area contributed by atoms with Gasteiger partial charge in [-0.25, -0.2) is 13.8 Å². The largest absolute Gasteiger partial charge is 0.459 e. The molecular formula is C28H21F5N4O3. The van der Waals surface area contributed by atoms with Crippen LogP contribution in [0.2, 0.25) is 0 Å². The number of carbonyl (C=O) groups excluding carboxylic acids is 2. The summed E-state index contributed by atoms with van der Waals surface area (Å²) in [4.78, 5) is 29.4. The van der Waals surface area contributed by atoms with Crippen LogP contribution in [-0.2, 0) is 17.5 Å². The van der Waals surface area contributed by atoms with E-state index in [9.17, 15) is 31.5 Å². The molecule has 1 aliphatic rings. The number of nitrogens with one attached hydrogen (secondary N) is 1. The van der Waals surface area contributed by atoms with Gasteiger partial charge < -0.3 is 20.4 Å². The highest BCUT2D eigenvalue weighted by atomic mass is 19.4. The third-order valence-corrected chi connectivity index (χ3v) is 6.24. The maximum Gasteiger partial charge on any atom is 0.420 e. The molecule has 0 spiro atoms. The summed E-state index contributed by atoms with van der Waals surface area (Å²) in [5, 5.41) is 2.73. The molecule has 1 saturated heterocycles. The molecule has 0 saturated carbocycles. The van der Waals surface area contributed by atoms with E-state index in [1.54, 1.807) is 12.1 Å². The first kappa shape index (κ1) is 26.9. The van der Waals surface area contributed by atoms with Crippen molar-refractivity contribution in [2.24, 2.45) is 0 Å². The Labute approximate surface area is 224 Å². The molecule has 1 aliphatic heterocycles. The van der Waals surface area contributed by atoms with E-state index in [0.29, 0.717) is 16.9 Å². The summed E-state index contributed by atoms with van der Waals surface area (Å²) < 4.78 is 73.4. The quantitative estimate of drug-likeness (QED) is 0.241. The fraction of sp³-hybridized carbons (Fsp3) is 0.179. The second kappa shape index (κ2) is 10.1. The fourth-order valence-corrected chi connectivity index (χ4v) is 4.23. The van der Waals surface area contributed by atoms with Crippen molar-refractivity contribution in [3.63, 3.8) is 0 Å². The lowest BCUT2D eigenvalue weighted by atomic mass is 9.98. The van der Waals surface area contributed by atoms with Crippen LogP contribution in [0.15, 0.2) is 71.3 Å². The second-order valence-electron chi connectivity index (χ2n) is 9.31. The number of aromatic nitrogens is 1. The molecule has 5 rings (SSSR count). The number of rotatable bonds is 6. The number of halogens is 5. The third kappa shape index (κ3) is 5.80. The second-order valence-corrected chi connectivity index (χ2v) is 9.31. The number of nitrogens with zero attached hydrogens (tertiary/aromatic N) is 2. The van der Waals surface area contributed by atoms with Crippen LogP contribution in [0.1, 0.15) is 27.2 Å². The first-order chi connectivity index (χ1) is 18.9. The van der Waals surface area contributed by atoms with Crippen molar-refractivity contribution in [1.29, 1.82) is 0 Å². The van der Waals surface area contributed by atoms with Crippen molar-refractivity contribution >= 4 is 34.7 Å². The van der Waals surface area contributed by atoms with E-state index in [1.807, 2.05) is 0 Å².